The molecule has 0 atom stereocenters. The van der Waals surface area contributed by atoms with Crippen LogP contribution in [-0.2, 0) is 17.4 Å². The second kappa shape index (κ2) is 4.35. The van der Waals surface area contributed by atoms with E-state index >= 15 is 0 Å². The zero-order valence-corrected chi connectivity index (χ0v) is 12.3. The molecule has 0 aliphatic rings. The van der Waals surface area contributed by atoms with Gasteiger partial charge < -0.3 is 5.11 Å². The van der Waals surface area contributed by atoms with Crippen LogP contribution in [0.2, 0.25) is 0 Å². The number of nitrogens with zero attached hydrogens (tertiary/aromatic N) is 2. The molecule has 0 spiro atoms. The molecule has 0 aliphatic carbocycles. The molecule has 0 fully saturated rings. The molecule has 0 aliphatic heterocycles. The first-order chi connectivity index (χ1) is 7.59. The Morgan fingerprint density at radius 1 is 1.12 bits per heavy atom. The largest absolute Gasteiger partial charge is 0.493 e. The Morgan fingerprint density at radius 2 is 1.65 bits per heavy atom. The van der Waals surface area contributed by atoms with Gasteiger partial charge >= 0.3 is 0 Å². The van der Waals surface area contributed by atoms with Gasteiger partial charge in [0.1, 0.15) is 0 Å². The van der Waals surface area contributed by atoms with Gasteiger partial charge in [-0.1, -0.05) is 34.1 Å². The maximum Gasteiger partial charge on any atom is 0.213 e. The van der Waals surface area contributed by atoms with Gasteiger partial charge in [0.2, 0.25) is 5.88 Å². The van der Waals surface area contributed by atoms with Crippen LogP contribution in [0.15, 0.2) is 0 Å². The van der Waals surface area contributed by atoms with Gasteiger partial charge in [0.25, 0.3) is 0 Å². The van der Waals surface area contributed by atoms with E-state index in [2.05, 4.69) is 53.6 Å². The van der Waals surface area contributed by atoms with Crippen molar-refractivity contribution in [2.24, 2.45) is 0 Å². The lowest BCUT2D eigenvalue weighted by atomic mass is 9.86. The summed E-state index contributed by atoms with van der Waals surface area (Å²) in [6.45, 7) is 14.7. The van der Waals surface area contributed by atoms with Gasteiger partial charge in [-0.3, -0.25) is 0 Å². The van der Waals surface area contributed by atoms with E-state index in [9.17, 15) is 5.11 Å². The highest BCUT2D eigenvalue weighted by Gasteiger charge is 2.30. The lowest BCUT2D eigenvalue weighted by Crippen LogP contribution is -2.23. The van der Waals surface area contributed by atoms with Crippen molar-refractivity contribution in [3.63, 3.8) is 0 Å². The number of rotatable bonds is 2. The molecule has 0 bridgehead atoms. The van der Waals surface area contributed by atoms with Crippen LogP contribution in [0.1, 0.15) is 66.1 Å². The molecule has 1 heterocycles. The molecular weight excluding hydrogens is 212 g/mol. The molecule has 17 heavy (non-hydrogen) atoms. The Bertz CT molecular complexity index is 392. The SMILES string of the molecule is CCCc1nn(C(C)(C)C)c(O)c1C(C)(C)C. The first kappa shape index (κ1) is 14.1. The van der Waals surface area contributed by atoms with E-state index < -0.39 is 0 Å². The number of hydrogen-bond acceptors (Lipinski definition) is 2. The predicted molar refractivity (Wildman–Crippen MR) is 71.6 cm³/mol. The zero-order valence-electron chi connectivity index (χ0n) is 12.3. The summed E-state index contributed by atoms with van der Waals surface area (Å²) in [5, 5.41) is 15.0. The minimum absolute atomic E-state index is 0.0713. The third-order valence-corrected chi connectivity index (χ3v) is 2.81. The van der Waals surface area contributed by atoms with Crippen molar-refractivity contribution < 1.29 is 5.11 Å². The highest BCUT2D eigenvalue weighted by atomic mass is 16.3. The van der Waals surface area contributed by atoms with Crippen LogP contribution < -0.4 is 0 Å². The average molecular weight is 238 g/mol. The van der Waals surface area contributed by atoms with Crippen molar-refractivity contribution in [3.05, 3.63) is 11.3 Å². The van der Waals surface area contributed by atoms with Crippen LogP contribution in [0.4, 0.5) is 0 Å². The van der Waals surface area contributed by atoms with E-state index in [4.69, 9.17) is 0 Å². The Hall–Kier alpha value is -0.990. The monoisotopic (exact) mass is 238 g/mol. The van der Waals surface area contributed by atoms with Gasteiger partial charge in [-0.2, -0.15) is 5.10 Å². The van der Waals surface area contributed by atoms with Crippen LogP contribution in [0, 0.1) is 0 Å². The van der Waals surface area contributed by atoms with Gasteiger partial charge in [-0.15, -0.1) is 0 Å². The first-order valence-corrected chi connectivity index (χ1v) is 6.41. The second-order valence-electron chi connectivity index (χ2n) is 6.73. The quantitative estimate of drug-likeness (QED) is 0.855. The van der Waals surface area contributed by atoms with E-state index in [1.54, 1.807) is 4.68 Å². The average Bonchev–Trinajstić information content (AvgIpc) is 2.41. The minimum atomic E-state index is -0.184. The Kier molecular flexibility index (Phi) is 3.60. The summed E-state index contributed by atoms with van der Waals surface area (Å²) >= 11 is 0. The fourth-order valence-corrected chi connectivity index (χ4v) is 2.10. The van der Waals surface area contributed by atoms with Crippen LogP contribution in [-0.4, -0.2) is 14.9 Å². The minimum Gasteiger partial charge on any atom is -0.493 e. The third kappa shape index (κ3) is 2.82. The summed E-state index contributed by atoms with van der Waals surface area (Å²) in [5.74, 6) is 0.327. The second-order valence-corrected chi connectivity index (χ2v) is 6.73. The van der Waals surface area contributed by atoms with Crippen LogP contribution in [0.5, 0.6) is 5.88 Å². The van der Waals surface area contributed by atoms with E-state index in [1.165, 1.54) is 0 Å². The molecule has 0 saturated carbocycles. The summed E-state index contributed by atoms with van der Waals surface area (Å²) in [4.78, 5) is 0. The van der Waals surface area contributed by atoms with Gasteiger partial charge in [-0.05, 0) is 32.6 Å². The number of aromatic hydroxyl groups is 1. The molecule has 3 heteroatoms. The summed E-state index contributed by atoms with van der Waals surface area (Å²) in [5.41, 5.74) is 1.77. The van der Waals surface area contributed by atoms with Gasteiger partial charge in [-0.25, -0.2) is 4.68 Å². The molecule has 1 aromatic rings. The zero-order chi connectivity index (χ0) is 13.4. The molecule has 1 aromatic heterocycles. The fourth-order valence-electron chi connectivity index (χ4n) is 2.10. The standard InChI is InChI=1S/C14H26N2O/c1-8-9-10-11(13(2,3)4)12(17)16(15-10)14(5,6)7/h17H,8-9H2,1-7H3. The van der Waals surface area contributed by atoms with Gasteiger partial charge in [0, 0.05) is 5.56 Å². The van der Waals surface area contributed by atoms with Gasteiger partial charge in [0.05, 0.1) is 11.2 Å². The normalized spacial score (nSPS) is 13.1. The molecule has 0 amide bonds. The highest BCUT2D eigenvalue weighted by molar-refractivity contribution is 5.37. The molecule has 3 nitrogen and oxygen atoms in total. The Morgan fingerprint density at radius 3 is 2.00 bits per heavy atom. The highest BCUT2D eigenvalue weighted by Crippen LogP contribution is 2.36. The topological polar surface area (TPSA) is 38.0 Å². The summed E-state index contributed by atoms with van der Waals surface area (Å²) in [6, 6.07) is 0. The van der Waals surface area contributed by atoms with E-state index in [0.29, 0.717) is 5.88 Å². The van der Waals surface area contributed by atoms with Crippen molar-refractivity contribution in [1.29, 1.82) is 0 Å². The van der Waals surface area contributed by atoms with Crippen molar-refractivity contribution in [2.75, 3.05) is 0 Å². The van der Waals surface area contributed by atoms with Crippen molar-refractivity contribution in [1.82, 2.24) is 9.78 Å². The van der Waals surface area contributed by atoms with Gasteiger partial charge in [0.15, 0.2) is 0 Å². The predicted octanol–water partition coefficient (Wildman–Crippen LogP) is 3.59. The molecule has 1 rings (SSSR count). The van der Waals surface area contributed by atoms with Crippen LogP contribution >= 0.6 is 0 Å². The first-order valence-electron chi connectivity index (χ1n) is 6.41. The molecule has 0 radical (unpaired) electrons. The number of aryl methyl sites for hydroxylation is 1. The lowest BCUT2D eigenvalue weighted by Gasteiger charge is -2.22. The Labute approximate surface area is 105 Å². The maximum atomic E-state index is 10.4. The van der Waals surface area contributed by atoms with Crippen molar-refractivity contribution in [2.45, 2.75) is 72.3 Å². The van der Waals surface area contributed by atoms with E-state index in [1.807, 2.05) is 0 Å². The molecule has 98 valence electrons. The Balaban J connectivity index is 3.41. The van der Waals surface area contributed by atoms with Crippen molar-refractivity contribution in [3.8, 4) is 5.88 Å². The molecular formula is C14H26N2O. The molecule has 1 N–H and O–H groups in total. The number of aromatic nitrogens is 2. The van der Waals surface area contributed by atoms with E-state index in [-0.39, 0.29) is 11.0 Å². The fraction of sp³-hybridized carbons (Fsp3) is 0.786. The lowest BCUT2D eigenvalue weighted by molar-refractivity contribution is 0.290. The summed E-state index contributed by atoms with van der Waals surface area (Å²) < 4.78 is 1.75. The van der Waals surface area contributed by atoms with Crippen molar-refractivity contribution >= 4 is 0 Å². The summed E-state index contributed by atoms with van der Waals surface area (Å²) in [7, 11) is 0. The van der Waals surface area contributed by atoms with E-state index in [0.717, 1.165) is 24.1 Å². The van der Waals surface area contributed by atoms with Crippen LogP contribution in [0.3, 0.4) is 0 Å². The molecule has 0 aromatic carbocycles. The molecule has 0 unspecified atom stereocenters. The third-order valence-electron chi connectivity index (χ3n) is 2.81. The number of hydrogen-bond donors (Lipinski definition) is 1. The molecule has 0 saturated heterocycles. The summed E-state index contributed by atoms with van der Waals surface area (Å²) in [6.07, 6.45) is 1.97. The maximum absolute atomic E-state index is 10.4. The van der Waals surface area contributed by atoms with Crippen LogP contribution in [0.25, 0.3) is 0 Å². The smallest absolute Gasteiger partial charge is 0.213 e.